The number of nitrogens with one attached hydrogen (secondary N) is 1. The Labute approximate surface area is 204 Å². The molecule has 1 saturated carbocycles. The monoisotopic (exact) mass is 478 g/mol. The van der Waals surface area contributed by atoms with Crippen LogP contribution in [0.25, 0.3) is 11.1 Å². The highest BCUT2D eigenvalue weighted by Crippen LogP contribution is 2.45. The number of ether oxygens (including phenoxy) is 2. The van der Waals surface area contributed by atoms with Gasteiger partial charge in [0.1, 0.15) is 6.61 Å². The van der Waals surface area contributed by atoms with Gasteiger partial charge in [0.05, 0.1) is 6.61 Å². The molecule has 0 bridgehead atoms. The van der Waals surface area contributed by atoms with E-state index in [-0.39, 0.29) is 36.9 Å². The van der Waals surface area contributed by atoms with Crippen molar-refractivity contribution in [1.82, 2.24) is 10.2 Å². The van der Waals surface area contributed by atoms with E-state index >= 15 is 0 Å². The SMILES string of the molecule is COCC1(C(=O)O)CCCN1C(=O)[C@H]1C[C@H]1CNC(=O)OCC1c2ccccc2-c2ccccc21. The lowest BCUT2D eigenvalue weighted by molar-refractivity contribution is -0.160. The largest absolute Gasteiger partial charge is 0.479 e. The van der Waals surface area contributed by atoms with Crippen molar-refractivity contribution in [3.63, 3.8) is 0 Å². The Bertz CT molecular complexity index is 1100. The highest BCUT2D eigenvalue weighted by molar-refractivity contribution is 5.90. The van der Waals surface area contributed by atoms with Crippen molar-refractivity contribution in [2.45, 2.75) is 30.7 Å². The molecule has 8 nitrogen and oxygen atoms in total. The van der Waals surface area contributed by atoms with Gasteiger partial charge in [-0.1, -0.05) is 48.5 Å². The zero-order valence-electron chi connectivity index (χ0n) is 19.7. The fraction of sp³-hybridized carbons (Fsp3) is 0.444. The zero-order valence-corrected chi connectivity index (χ0v) is 19.7. The first-order chi connectivity index (χ1) is 17.0. The van der Waals surface area contributed by atoms with Crippen LogP contribution in [0.3, 0.4) is 0 Å². The summed E-state index contributed by atoms with van der Waals surface area (Å²) in [5.41, 5.74) is 3.35. The summed E-state index contributed by atoms with van der Waals surface area (Å²) in [5, 5.41) is 12.6. The minimum absolute atomic E-state index is 0.0107. The van der Waals surface area contributed by atoms with Gasteiger partial charge in [0.15, 0.2) is 5.54 Å². The van der Waals surface area contributed by atoms with Crippen LogP contribution in [0, 0.1) is 11.8 Å². The Morgan fingerprint density at radius 1 is 1.09 bits per heavy atom. The Morgan fingerprint density at radius 2 is 1.74 bits per heavy atom. The second-order valence-electron chi connectivity index (χ2n) is 9.67. The minimum atomic E-state index is -1.29. The molecule has 1 saturated heterocycles. The molecule has 1 aliphatic heterocycles. The van der Waals surface area contributed by atoms with Crippen LogP contribution in [0.5, 0.6) is 0 Å². The molecule has 5 rings (SSSR count). The Morgan fingerprint density at radius 3 is 2.37 bits per heavy atom. The maximum atomic E-state index is 13.1. The molecule has 1 unspecified atom stereocenters. The Balaban J connectivity index is 1.14. The Kier molecular flexibility index (Phi) is 6.23. The normalized spacial score (nSPS) is 24.5. The molecule has 2 aromatic rings. The van der Waals surface area contributed by atoms with E-state index in [0.717, 1.165) is 11.1 Å². The summed E-state index contributed by atoms with van der Waals surface area (Å²) >= 11 is 0. The first-order valence-corrected chi connectivity index (χ1v) is 12.1. The number of rotatable bonds is 8. The second kappa shape index (κ2) is 9.34. The molecule has 2 aromatic carbocycles. The predicted molar refractivity (Wildman–Crippen MR) is 128 cm³/mol. The fourth-order valence-corrected chi connectivity index (χ4v) is 5.71. The average molecular weight is 479 g/mol. The van der Waals surface area contributed by atoms with E-state index < -0.39 is 17.6 Å². The van der Waals surface area contributed by atoms with Crippen molar-refractivity contribution in [2.75, 3.05) is 33.4 Å². The molecule has 2 amide bonds. The summed E-state index contributed by atoms with van der Waals surface area (Å²) in [6.07, 6.45) is 1.14. The maximum Gasteiger partial charge on any atom is 0.407 e. The van der Waals surface area contributed by atoms with E-state index in [1.165, 1.54) is 23.1 Å². The van der Waals surface area contributed by atoms with Crippen LogP contribution in [-0.4, -0.2) is 66.9 Å². The molecule has 2 N–H and O–H groups in total. The first-order valence-electron chi connectivity index (χ1n) is 12.1. The van der Waals surface area contributed by atoms with Crippen molar-refractivity contribution in [3.05, 3.63) is 59.7 Å². The zero-order chi connectivity index (χ0) is 24.6. The van der Waals surface area contributed by atoms with Gasteiger partial charge in [-0.15, -0.1) is 0 Å². The van der Waals surface area contributed by atoms with Gasteiger partial charge in [-0.25, -0.2) is 9.59 Å². The Hall–Kier alpha value is -3.39. The quantitative estimate of drug-likeness (QED) is 0.604. The minimum Gasteiger partial charge on any atom is -0.479 e. The summed E-state index contributed by atoms with van der Waals surface area (Å²) in [5.74, 6) is -1.50. The molecule has 8 heteroatoms. The number of carbonyl (C=O) groups is 3. The van der Waals surface area contributed by atoms with Crippen molar-refractivity contribution in [1.29, 1.82) is 0 Å². The predicted octanol–water partition coefficient (Wildman–Crippen LogP) is 3.25. The number of alkyl carbamates (subject to hydrolysis) is 1. The molecule has 2 fully saturated rings. The number of benzene rings is 2. The number of fused-ring (bicyclic) bond motifs is 3. The van der Waals surface area contributed by atoms with Crippen molar-refractivity contribution in [2.24, 2.45) is 11.8 Å². The third kappa shape index (κ3) is 4.16. The van der Waals surface area contributed by atoms with Gasteiger partial charge >= 0.3 is 12.1 Å². The molecule has 1 heterocycles. The second-order valence-corrected chi connectivity index (χ2v) is 9.67. The van der Waals surface area contributed by atoms with E-state index in [4.69, 9.17) is 9.47 Å². The van der Waals surface area contributed by atoms with E-state index in [2.05, 4.69) is 29.6 Å². The van der Waals surface area contributed by atoms with Gasteiger partial charge in [-0.3, -0.25) is 4.79 Å². The molecule has 3 atom stereocenters. The lowest BCUT2D eigenvalue weighted by Gasteiger charge is -2.34. The summed E-state index contributed by atoms with van der Waals surface area (Å²) in [6.45, 7) is 0.949. The van der Waals surface area contributed by atoms with E-state index in [0.29, 0.717) is 32.4 Å². The number of nitrogens with zero attached hydrogens (tertiary/aromatic N) is 1. The highest BCUT2D eigenvalue weighted by Gasteiger charge is 2.55. The van der Waals surface area contributed by atoms with Crippen molar-refractivity contribution < 1.29 is 29.0 Å². The molecule has 0 aromatic heterocycles. The van der Waals surface area contributed by atoms with Crippen molar-refractivity contribution in [3.8, 4) is 11.1 Å². The van der Waals surface area contributed by atoms with Crippen LogP contribution in [0.1, 0.15) is 36.3 Å². The van der Waals surface area contributed by atoms with E-state index in [9.17, 15) is 19.5 Å². The number of carboxylic acids is 1. The molecule has 2 aliphatic carbocycles. The topological polar surface area (TPSA) is 105 Å². The van der Waals surface area contributed by atoms with Crippen LogP contribution in [0.4, 0.5) is 4.79 Å². The number of aliphatic carboxylic acids is 1. The maximum absolute atomic E-state index is 13.1. The summed E-state index contributed by atoms with van der Waals surface area (Å²) < 4.78 is 10.7. The lowest BCUT2D eigenvalue weighted by Crippen LogP contribution is -2.56. The standard InChI is InChI=1S/C27H30N2O6/c1-34-16-27(25(31)32)11-6-12-29(27)24(30)22-13-17(22)14-28-26(33)35-15-23-20-9-4-2-7-18(20)19-8-3-5-10-21(19)23/h2-5,7-10,17,22-23H,6,11-16H2,1H3,(H,28,33)(H,31,32)/t17-,22-,27?/m0/s1. The van der Waals surface area contributed by atoms with Crippen LogP contribution in [0.2, 0.25) is 0 Å². The lowest BCUT2D eigenvalue weighted by atomic mass is 9.97. The molecule has 0 spiro atoms. The number of likely N-dealkylation sites (tertiary alicyclic amines) is 1. The van der Waals surface area contributed by atoms with E-state index in [1.807, 2.05) is 24.3 Å². The van der Waals surface area contributed by atoms with Gasteiger partial charge in [-0.2, -0.15) is 0 Å². The molecule has 0 radical (unpaired) electrons. The number of methoxy groups -OCH3 is 1. The van der Waals surface area contributed by atoms with Gasteiger partial charge in [0, 0.05) is 32.0 Å². The molecule has 184 valence electrons. The summed E-state index contributed by atoms with van der Waals surface area (Å²) in [7, 11) is 1.45. The van der Waals surface area contributed by atoms with Gasteiger partial charge in [0.25, 0.3) is 0 Å². The van der Waals surface area contributed by atoms with Gasteiger partial charge in [-0.05, 0) is 47.4 Å². The fourth-order valence-electron chi connectivity index (χ4n) is 5.71. The number of carboxylic acid groups (broad SMARTS) is 1. The average Bonchev–Trinajstić information content (AvgIpc) is 3.40. The third-order valence-electron chi connectivity index (χ3n) is 7.63. The van der Waals surface area contributed by atoms with E-state index in [1.54, 1.807) is 0 Å². The summed E-state index contributed by atoms with van der Waals surface area (Å²) in [6, 6.07) is 16.3. The molecule has 3 aliphatic rings. The third-order valence-corrected chi connectivity index (χ3v) is 7.63. The van der Waals surface area contributed by atoms with Crippen LogP contribution in [0.15, 0.2) is 48.5 Å². The molecule has 35 heavy (non-hydrogen) atoms. The molecular formula is C27H30N2O6. The van der Waals surface area contributed by atoms with Crippen LogP contribution in [-0.2, 0) is 19.1 Å². The number of carbonyl (C=O) groups excluding carboxylic acids is 2. The number of hydrogen-bond acceptors (Lipinski definition) is 5. The van der Waals surface area contributed by atoms with Crippen LogP contribution < -0.4 is 5.32 Å². The van der Waals surface area contributed by atoms with Gasteiger partial charge in [0.2, 0.25) is 5.91 Å². The number of hydrogen-bond donors (Lipinski definition) is 2. The smallest absolute Gasteiger partial charge is 0.407 e. The van der Waals surface area contributed by atoms with Crippen LogP contribution >= 0.6 is 0 Å². The highest BCUT2D eigenvalue weighted by atomic mass is 16.5. The number of amides is 2. The van der Waals surface area contributed by atoms with Crippen molar-refractivity contribution >= 4 is 18.0 Å². The summed E-state index contributed by atoms with van der Waals surface area (Å²) in [4.78, 5) is 38.9. The van der Waals surface area contributed by atoms with Gasteiger partial charge < -0.3 is 24.8 Å². The first kappa shape index (κ1) is 23.4. The molecular weight excluding hydrogens is 448 g/mol.